The van der Waals surface area contributed by atoms with Gasteiger partial charge >= 0.3 is 6.01 Å². The van der Waals surface area contributed by atoms with Crippen LogP contribution in [0.1, 0.15) is 13.3 Å². The molecule has 0 saturated carbocycles. The summed E-state index contributed by atoms with van der Waals surface area (Å²) >= 11 is 6.09. The molecule has 2 heterocycles. The second-order valence-electron chi connectivity index (χ2n) is 4.31. The zero-order valence-electron chi connectivity index (χ0n) is 9.93. The average molecular weight is 258 g/mol. The van der Waals surface area contributed by atoms with Gasteiger partial charge in [-0.25, -0.2) is 4.98 Å². The first-order valence-electron chi connectivity index (χ1n) is 5.61. The third-order valence-corrected chi connectivity index (χ3v) is 3.31. The lowest BCUT2D eigenvalue weighted by Crippen LogP contribution is -2.42. The van der Waals surface area contributed by atoms with E-state index >= 15 is 0 Å². The lowest BCUT2D eigenvalue weighted by molar-refractivity contribution is 0.0968. The number of hydrogen-bond donors (Lipinski definition) is 1. The van der Waals surface area contributed by atoms with Gasteiger partial charge in [-0.3, -0.25) is 0 Å². The Labute approximate surface area is 105 Å². The highest BCUT2D eigenvalue weighted by molar-refractivity contribution is 6.32. The molecular weight excluding hydrogens is 242 g/mol. The third kappa shape index (κ3) is 2.61. The molecule has 0 amide bonds. The first kappa shape index (κ1) is 12.4. The summed E-state index contributed by atoms with van der Waals surface area (Å²) in [5.74, 6) is 0.887. The van der Waals surface area contributed by atoms with Crippen LogP contribution in [0.4, 0.5) is 5.82 Å². The van der Waals surface area contributed by atoms with Crippen LogP contribution < -0.4 is 9.64 Å². The summed E-state index contributed by atoms with van der Waals surface area (Å²) < 4.78 is 4.99. The van der Waals surface area contributed by atoms with Gasteiger partial charge in [-0.2, -0.15) is 4.98 Å². The molecular formula is C11H16ClN3O2. The molecule has 0 spiro atoms. The summed E-state index contributed by atoms with van der Waals surface area (Å²) in [6.07, 6.45) is 2.02. The number of anilines is 1. The van der Waals surface area contributed by atoms with Gasteiger partial charge in [0.15, 0.2) is 5.82 Å². The molecule has 0 bridgehead atoms. The lowest BCUT2D eigenvalue weighted by atomic mass is 9.97. The fourth-order valence-corrected chi connectivity index (χ4v) is 2.20. The van der Waals surface area contributed by atoms with Crippen molar-refractivity contribution in [1.29, 1.82) is 0 Å². The molecule has 1 aromatic heterocycles. The molecule has 0 radical (unpaired) electrons. The largest absolute Gasteiger partial charge is 0.467 e. The molecule has 0 aromatic carbocycles. The number of methoxy groups -OCH3 is 1. The molecule has 17 heavy (non-hydrogen) atoms. The molecule has 5 nitrogen and oxygen atoms in total. The summed E-state index contributed by atoms with van der Waals surface area (Å²) in [4.78, 5) is 10.3. The summed E-state index contributed by atoms with van der Waals surface area (Å²) in [6, 6.07) is 0.308. The quantitative estimate of drug-likeness (QED) is 0.867. The van der Waals surface area contributed by atoms with Gasteiger partial charge < -0.3 is 14.7 Å². The maximum Gasteiger partial charge on any atom is 0.318 e. The van der Waals surface area contributed by atoms with Crippen molar-refractivity contribution < 1.29 is 9.84 Å². The first-order chi connectivity index (χ1) is 8.11. The minimum Gasteiger partial charge on any atom is -0.467 e. The molecule has 2 unspecified atom stereocenters. The minimum absolute atomic E-state index is 0.209. The Kier molecular flexibility index (Phi) is 3.69. The topological polar surface area (TPSA) is 58.5 Å². The molecule has 1 aliphatic heterocycles. The highest BCUT2D eigenvalue weighted by atomic mass is 35.5. The van der Waals surface area contributed by atoms with E-state index in [1.54, 1.807) is 6.20 Å². The Morgan fingerprint density at radius 1 is 1.59 bits per heavy atom. The van der Waals surface area contributed by atoms with Gasteiger partial charge in [-0.15, -0.1) is 0 Å². The Balaban J connectivity index is 2.21. The molecule has 1 saturated heterocycles. The van der Waals surface area contributed by atoms with Crippen molar-refractivity contribution >= 4 is 17.4 Å². The normalized spacial score (nSPS) is 24.8. The van der Waals surface area contributed by atoms with Crippen LogP contribution in [0.3, 0.4) is 0 Å². The predicted molar refractivity (Wildman–Crippen MR) is 65.6 cm³/mol. The van der Waals surface area contributed by atoms with Crippen molar-refractivity contribution in [3.05, 3.63) is 11.2 Å². The Bertz CT molecular complexity index is 402. The molecule has 1 fully saturated rings. The number of hydrogen-bond acceptors (Lipinski definition) is 5. The zero-order valence-corrected chi connectivity index (χ0v) is 10.7. The molecule has 0 aliphatic carbocycles. The Hall–Kier alpha value is -1.07. The summed E-state index contributed by atoms with van der Waals surface area (Å²) in [6.45, 7) is 3.50. The van der Waals surface area contributed by atoms with Crippen LogP contribution in [0, 0.1) is 5.92 Å². The highest BCUT2D eigenvalue weighted by Gasteiger charge is 2.26. The minimum atomic E-state index is -0.242. The predicted octanol–water partition coefficient (Wildman–Crippen LogP) is 1.35. The number of halogens is 1. The van der Waals surface area contributed by atoms with E-state index in [4.69, 9.17) is 16.3 Å². The van der Waals surface area contributed by atoms with E-state index in [9.17, 15) is 5.11 Å². The fourth-order valence-electron chi connectivity index (χ4n) is 1.99. The average Bonchev–Trinajstić information content (AvgIpc) is 2.33. The van der Waals surface area contributed by atoms with E-state index in [1.807, 2.05) is 6.92 Å². The second-order valence-corrected chi connectivity index (χ2v) is 4.71. The van der Waals surface area contributed by atoms with E-state index in [-0.39, 0.29) is 12.0 Å². The van der Waals surface area contributed by atoms with Crippen molar-refractivity contribution in [2.45, 2.75) is 19.4 Å². The fraction of sp³-hybridized carbons (Fsp3) is 0.636. The highest BCUT2D eigenvalue weighted by Crippen LogP contribution is 2.28. The van der Waals surface area contributed by atoms with Gasteiger partial charge in [-0.05, 0) is 12.3 Å². The molecule has 94 valence electrons. The van der Waals surface area contributed by atoms with Crippen LogP contribution in [0.15, 0.2) is 6.20 Å². The van der Waals surface area contributed by atoms with Crippen LogP contribution in [-0.2, 0) is 0 Å². The van der Waals surface area contributed by atoms with Crippen molar-refractivity contribution in [2.75, 3.05) is 25.1 Å². The van der Waals surface area contributed by atoms with E-state index in [2.05, 4.69) is 14.9 Å². The van der Waals surface area contributed by atoms with Crippen molar-refractivity contribution in [1.82, 2.24) is 9.97 Å². The zero-order chi connectivity index (χ0) is 12.4. The van der Waals surface area contributed by atoms with Crippen molar-refractivity contribution in [2.24, 2.45) is 5.92 Å². The first-order valence-corrected chi connectivity index (χ1v) is 5.99. The Morgan fingerprint density at radius 3 is 3.00 bits per heavy atom. The molecule has 2 atom stereocenters. The maximum absolute atomic E-state index is 9.70. The SMILES string of the molecule is COc1ncc(Cl)c(N2CCC(O)C(C)C2)n1. The van der Waals surface area contributed by atoms with Crippen LogP contribution in [0.5, 0.6) is 6.01 Å². The van der Waals surface area contributed by atoms with Gasteiger partial charge in [0.05, 0.1) is 19.4 Å². The van der Waals surface area contributed by atoms with Crippen LogP contribution in [0.25, 0.3) is 0 Å². The van der Waals surface area contributed by atoms with Gasteiger partial charge in [0.2, 0.25) is 0 Å². The van der Waals surface area contributed by atoms with Crippen LogP contribution in [-0.4, -0.2) is 41.4 Å². The number of aliphatic hydroxyl groups excluding tert-OH is 1. The third-order valence-electron chi connectivity index (χ3n) is 3.05. The number of aliphatic hydroxyl groups is 1. The summed E-state index contributed by atoms with van der Waals surface area (Å²) in [5, 5.41) is 10.2. The smallest absolute Gasteiger partial charge is 0.318 e. The van der Waals surface area contributed by atoms with E-state index in [0.717, 1.165) is 19.5 Å². The summed E-state index contributed by atoms with van der Waals surface area (Å²) in [7, 11) is 1.52. The van der Waals surface area contributed by atoms with Gasteiger partial charge in [0.1, 0.15) is 5.02 Å². The van der Waals surface area contributed by atoms with Crippen LogP contribution in [0.2, 0.25) is 5.02 Å². The maximum atomic E-state index is 9.70. The van der Waals surface area contributed by atoms with Gasteiger partial charge in [0, 0.05) is 13.1 Å². The summed E-state index contributed by atoms with van der Waals surface area (Å²) in [5.41, 5.74) is 0. The molecule has 2 rings (SSSR count). The number of aromatic nitrogens is 2. The van der Waals surface area contributed by atoms with Gasteiger partial charge in [-0.1, -0.05) is 18.5 Å². The van der Waals surface area contributed by atoms with Crippen molar-refractivity contribution in [3.63, 3.8) is 0 Å². The second kappa shape index (κ2) is 5.06. The molecule has 6 heteroatoms. The lowest BCUT2D eigenvalue weighted by Gasteiger charge is -2.35. The number of piperidine rings is 1. The monoisotopic (exact) mass is 257 g/mol. The van der Waals surface area contributed by atoms with E-state index < -0.39 is 0 Å². The van der Waals surface area contributed by atoms with E-state index in [0.29, 0.717) is 16.9 Å². The van der Waals surface area contributed by atoms with Crippen LogP contribution >= 0.6 is 11.6 Å². The number of ether oxygens (including phenoxy) is 1. The van der Waals surface area contributed by atoms with E-state index in [1.165, 1.54) is 7.11 Å². The molecule has 1 N–H and O–H groups in total. The molecule has 1 aromatic rings. The number of rotatable bonds is 2. The molecule has 1 aliphatic rings. The van der Waals surface area contributed by atoms with Gasteiger partial charge in [0.25, 0.3) is 0 Å². The Morgan fingerprint density at radius 2 is 2.35 bits per heavy atom. The van der Waals surface area contributed by atoms with Crippen molar-refractivity contribution in [3.8, 4) is 6.01 Å². The standard InChI is InChI=1S/C11H16ClN3O2/c1-7-6-15(4-3-9(7)16)10-8(12)5-13-11(14-10)17-2/h5,7,9,16H,3-4,6H2,1-2H3. The number of nitrogens with zero attached hydrogens (tertiary/aromatic N) is 3.